The van der Waals surface area contributed by atoms with E-state index in [0.717, 1.165) is 0 Å². The number of hydrogen-bond donors (Lipinski definition) is 0. The van der Waals surface area contributed by atoms with E-state index in [1.807, 2.05) is 0 Å². The van der Waals surface area contributed by atoms with Crippen LogP contribution in [0.4, 0.5) is 0 Å². The maximum atomic E-state index is 2.64. The molecule has 0 spiro atoms. The molecule has 0 aliphatic rings. The van der Waals surface area contributed by atoms with E-state index in [0.29, 0.717) is 5.54 Å². The van der Waals surface area contributed by atoms with Crippen LogP contribution in [0.15, 0.2) is 30.6 Å². The normalized spacial score (nSPS) is 11.9. The van der Waals surface area contributed by atoms with Crippen molar-refractivity contribution in [3.63, 3.8) is 0 Å². The fourth-order valence-corrected chi connectivity index (χ4v) is 6.42. The van der Waals surface area contributed by atoms with Gasteiger partial charge in [0.05, 0.1) is 0 Å². The summed E-state index contributed by atoms with van der Waals surface area (Å²) in [4.78, 5) is 0. The van der Waals surface area contributed by atoms with E-state index in [1.54, 1.807) is 0 Å². The van der Waals surface area contributed by atoms with Gasteiger partial charge in [-0.05, 0) is 19.3 Å². The molecule has 0 radical (unpaired) electrons. The van der Waals surface area contributed by atoms with Crippen LogP contribution < -0.4 is 4.57 Å². The first kappa shape index (κ1) is 35.2. The van der Waals surface area contributed by atoms with Crippen LogP contribution in [0, 0.1) is 0 Å². The first-order chi connectivity index (χ1) is 18.8. The number of hydrogen-bond acceptors (Lipinski definition) is 0. The van der Waals surface area contributed by atoms with E-state index in [1.165, 1.54) is 180 Å². The Morgan fingerprint density at radius 1 is 0.342 bits per heavy atom. The molecule has 0 amide bonds. The molecular formula is C37H70N+. The SMILES string of the molecule is CCCCCCCCCCCCCCCCCC(CCCCCCC)(CCCCCCC)[n+]1ccccc1. The van der Waals surface area contributed by atoms with Gasteiger partial charge >= 0.3 is 0 Å². The lowest BCUT2D eigenvalue weighted by Crippen LogP contribution is -2.55. The van der Waals surface area contributed by atoms with Gasteiger partial charge in [0, 0.05) is 31.4 Å². The summed E-state index contributed by atoms with van der Waals surface area (Å²) in [6.45, 7) is 6.97. The van der Waals surface area contributed by atoms with Crippen molar-refractivity contribution >= 4 is 0 Å². The highest BCUT2D eigenvalue weighted by Crippen LogP contribution is 2.32. The van der Waals surface area contributed by atoms with Crippen LogP contribution in [0.2, 0.25) is 0 Å². The van der Waals surface area contributed by atoms with Gasteiger partial charge in [0.1, 0.15) is 0 Å². The van der Waals surface area contributed by atoms with Crippen molar-refractivity contribution in [1.29, 1.82) is 0 Å². The van der Waals surface area contributed by atoms with Crippen LogP contribution in [0.5, 0.6) is 0 Å². The molecule has 38 heavy (non-hydrogen) atoms. The molecule has 0 aliphatic heterocycles. The van der Waals surface area contributed by atoms with Gasteiger partial charge in [0.15, 0.2) is 17.9 Å². The van der Waals surface area contributed by atoms with Gasteiger partial charge in [-0.25, -0.2) is 0 Å². The first-order valence-corrected chi connectivity index (χ1v) is 17.8. The van der Waals surface area contributed by atoms with Crippen molar-refractivity contribution in [3.8, 4) is 0 Å². The van der Waals surface area contributed by atoms with E-state index in [-0.39, 0.29) is 0 Å². The van der Waals surface area contributed by atoms with Crippen molar-refractivity contribution in [2.24, 2.45) is 0 Å². The molecular weight excluding hydrogens is 458 g/mol. The predicted octanol–water partition coefficient (Wildman–Crippen LogP) is 12.7. The summed E-state index contributed by atoms with van der Waals surface area (Å²) >= 11 is 0. The van der Waals surface area contributed by atoms with Crippen molar-refractivity contribution in [2.45, 2.75) is 206 Å². The minimum atomic E-state index is 0.343. The van der Waals surface area contributed by atoms with Crippen LogP contribution in [-0.4, -0.2) is 0 Å². The first-order valence-electron chi connectivity index (χ1n) is 17.8. The van der Waals surface area contributed by atoms with Crippen LogP contribution >= 0.6 is 0 Å². The quantitative estimate of drug-likeness (QED) is 0.0719. The molecule has 0 atom stereocenters. The summed E-state index contributed by atoms with van der Waals surface area (Å²) in [5.41, 5.74) is 0.343. The highest BCUT2D eigenvalue weighted by Gasteiger charge is 2.37. The molecule has 0 fully saturated rings. The van der Waals surface area contributed by atoms with E-state index < -0.39 is 0 Å². The molecule has 0 N–H and O–H groups in total. The Labute approximate surface area is 241 Å². The Hall–Kier alpha value is -0.850. The molecule has 0 bridgehead atoms. The van der Waals surface area contributed by atoms with Crippen molar-refractivity contribution in [3.05, 3.63) is 30.6 Å². The average Bonchev–Trinajstić information content (AvgIpc) is 2.95. The van der Waals surface area contributed by atoms with E-state index in [9.17, 15) is 0 Å². The predicted molar refractivity (Wildman–Crippen MR) is 171 cm³/mol. The van der Waals surface area contributed by atoms with Crippen molar-refractivity contribution in [2.75, 3.05) is 0 Å². The molecule has 0 aromatic carbocycles. The van der Waals surface area contributed by atoms with E-state index in [4.69, 9.17) is 0 Å². The van der Waals surface area contributed by atoms with Crippen LogP contribution in [0.1, 0.15) is 201 Å². The van der Waals surface area contributed by atoms with Crippen LogP contribution in [0.25, 0.3) is 0 Å². The van der Waals surface area contributed by atoms with Gasteiger partial charge in [0.25, 0.3) is 0 Å². The fourth-order valence-electron chi connectivity index (χ4n) is 6.42. The molecule has 0 saturated heterocycles. The van der Waals surface area contributed by atoms with Gasteiger partial charge in [-0.15, -0.1) is 0 Å². The Kier molecular flexibility index (Phi) is 24.4. The molecule has 1 rings (SSSR count). The van der Waals surface area contributed by atoms with Gasteiger partial charge in [-0.1, -0.05) is 168 Å². The largest absolute Gasteiger partial charge is 0.200 e. The second-order valence-corrected chi connectivity index (χ2v) is 12.5. The molecule has 0 unspecified atom stereocenters. The zero-order valence-corrected chi connectivity index (χ0v) is 26.6. The van der Waals surface area contributed by atoms with E-state index >= 15 is 0 Å². The minimum Gasteiger partial charge on any atom is -0.200 e. The second kappa shape index (κ2) is 26.4. The third-order valence-electron chi connectivity index (χ3n) is 9.00. The molecule has 1 nitrogen and oxygen atoms in total. The molecule has 1 aromatic rings. The minimum absolute atomic E-state index is 0.343. The summed E-state index contributed by atoms with van der Waals surface area (Å²) in [5.74, 6) is 0. The van der Waals surface area contributed by atoms with Crippen molar-refractivity contribution < 1.29 is 4.57 Å². The summed E-state index contributed by atoms with van der Waals surface area (Å²) < 4.78 is 2.64. The zero-order chi connectivity index (χ0) is 27.4. The lowest BCUT2D eigenvalue weighted by atomic mass is 9.81. The van der Waals surface area contributed by atoms with Gasteiger partial charge in [0.2, 0.25) is 0 Å². The molecule has 0 aliphatic carbocycles. The maximum absolute atomic E-state index is 2.64. The van der Waals surface area contributed by atoms with Gasteiger partial charge in [-0.2, -0.15) is 4.57 Å². The summed E-state index contributed by atoms with van der Waals surface area (Å²) in [5, 5.41) is 0. The second-order valence-electron chi connectivity index (χ2n) is 12.5. The molecule has 1 aromatic heterocycles. The Balaban J connectivity index is 2.38. The topological polar surface area (TPSA) is 3.88 Å². The summed E-state index contributed by atoms with van der Waals surface area (Å²) in [6.07, 6.45) is 44.6. The third kappa shape index (κ3) is 18.4. The summed E-state index contributed by atoms with van der Waals surface area (Å²) in [7, 11) is 0. The number of aromatic nitrogens is 1. The van der Waals surface area contributed by atoms with Crippen molar-refractivity contribution in [1.82, 2.24) is 0 Å². The standard InChI is InChI=1S/C37H70N/c1-4-7-10-13-14-15-16-17-18-19-20-21-22-25-29-34-37(32-27-23-11-8-5-2,33-28-24-12-9-6-3)38-35-30-26-31-36-38/h26,30-31,35-36H,4-25,27-29,32-34H2,1-3H3/q+1. The van der Waals surface area contributed by atoms with E-state index in [2.05, 4.69) is 55.9 Å². The Bertz CT molecular complexity index is 566. The Morgan fingerprint density at radius 2 is 0.605 bits per heavy atom. The van der Waals surface area contributed by atoms with Gasteiger partial charge in [-0.3, -0.25) is 0 Å². The highest BCUT2D eigenvalue weighted by molar-refractivity contribution is 4.86. The fraction of sp³-hybridized carbons (Fsp3) is 0.865. The lowest BCUT2D eigenvalue weighted by molar-refractivity contribution is -0.768. The summed E-state index contributed by atoms with van der Waals surface area (Å²) in [6, 6.07) is 6.71. The smallest absolute Gasteiger partial charge is 0.169 e. The highest BCUT2D eigenvalue weighted by atomic mass is 15.0. The molecule has 222 valence electrons. The lowest BCUT2D eigenvalue weighted by Gasteiger charge is -2.29. The Morgan fingerprint density at radius 3 is 0.895 bits per heavy atom. The number of pyridine rings is 1. The zero-order valence-electron chi connectivity index (χ0n) is 26.6. The molecule has 1 heterocycles. The third-order valence-corrected chi connectivity index (χ3v) is 9.00. The van der Waals surface area contributed by atoms with Gasteiger partial charge < -0.3 is 0 Å². The van der Waals surface area contributed by atoms with Crippen LogP contribution in [0.3, 0.4) is 0 Å². The number of unbranched alkanes of at least 4 members (excludes halogenated alkanes) is 22. The number of rotatable bonds is 29. The molecule has 0 saturated carbocycles. The maximum Gasteiger partial charge on any atom is 0.169 e. The molecule has 1 heteroatoms. The average molecular weight is 529 g/mol. The number of nitrogens with zero attached hydrogens (tertiary/aromatic N) is 1. The van der Waals surface area contributed by atoms with Crippen LogP contribution in [-0.2, 0) is 5.54 Å². The monoisotopic (exact) mass is 529 g/mol.